The van der Waals surface area contributed by atoms with Crippen molar-refractivity contribution in [2.45, 2.75) is 13.0 Å². The molecule has 0 saturated heterocycles. The van der Waals surface area contributed by atoms with E-state index in [0.717, 1.165) is 13.0 Å². The smallest absolute Gasteiger partial charge is 0.254 e. The number of rotatable bonds is 5. The highest BCUT2D eigenvalue weighted by atomic mass is 32.1. The Morgan fingerprint density at radius 3 is 2.91 bits per heavy atom. The zero-order chi connectivity index (χ0) is 15.4. The van der Waals surface area contributed by atoms with Crippen molar-refractivity contribution >= 4 is 29.0 Å². The number of amides is 1. The Morgan fingerprint density at radius 2 is 2.05 bits per heavy atom. The number of benzene rings is 1. The molecular formula is C17H17N3OS. The van der Waals surface area contributed by atoms with E-state index in [-0.39, 0.29) is 5.91 Å². The molecule has 0 aliphatic heterocycles. The summed E-state index contributed by atoms with van der Waals surface area (Å²) in [7, 11) is 0. The summed E-state index contributed by atoms with van der Waals surface area (Å²) in [6, 6.07) is 13.9. The summed E-state index contributed by atoms with van der Waals surface area (Å²) >= 11 is 5.10. The number of para-hydroxylation sites is 1. The minimum atomic E-state index is -0.126. The van der Waals surface area contributed by atoms with Crippen molar-refractivity contribution in [3.8, 4) is 0 Å². The summed E-state index contributed by atoms with van der Waals surface area (Å²) in [6.45, 7) is 1.49. The van der Waals surface area contributed by atoms with Crippen LogP contribution in [0.2, 0.25) is 0 Å². The van der Waals surface area contributed by atoms with Crippen LogP contribution in [0.3, 0.4) is 0 Å². The molecular weight excluding hydrogens is 294 g/mol. The highest BCUT2D eigenvalue weighted by Gasteiger charge is 2.06. The van der Waals surface area contributed by atoms with Gasteiger partial charge in [0.2, 0.25) is 0 Å². The third-order valence-electron chi connectivity index (χ3n) is 3.60. The summed E-state index contributed by atoms with van der Waals surface area (Å²) in [4.78, 5) is 14.9. The third kappa shape index (κ3) is 3.09. The molecule has 0 radical (unpaired) electrons. The first-order valence-corrected chi connectivity index (χ1v) is 7.66. The molecule has 2 heterocycles. The van der Waals surface area contributed by atoms with Gasteiger partial charge in [-0.05, 0) is 36.1 Å². The summed E-state index contributed by atoms with van der Waals surface area (Å²) in [5.74, 6) is -0.126. The van der Waals surface area contributed by atoms with Gasteiger partial charge in [-0.1, -0.05) is 30.4 Å². The second kappa shape index (κ2) is 6.58. The lowest BCUT2D eigenvalue weighted by molar-refractivity contribution is 0.0952. The normalized spacial score (nSPS) is 10.7. The molecule has 0 aliphatic rings. The van der Waals surface area contributed by atoms with Crippen molar-refractivity contribution < 1.29 is 4.79 Å². The standard InChI is InChI=1S/C17H17N3OS/c21-16(14-6-3-9-19-17(14)22)18-10-4-11-20-12-8-13-5-1-2-7-15(13)20/h1-3,5-9,12H,4,10-11H2,(H,18,21)(H,19,22). The summed E-state index contributed by atoms with van der Waals surface area (Å²) in [5, 5.41) is 4.15. The maximum absolute atomic E-state index is 12.0. The number of hydrogen-bond acceptors (Lipinski definition) is 2. The molecule has 3 rings (SSSR count). The first-order valence-electron chi connectivity index (χ1n) is 7.25. The number of aryl methyl sites for hydroxylation is 1. The van der Waals surface area contributed by atoms with Crippen molar-refractivity contribution in [2.24, 2.45) is 0 Å². The molecule has 0 unspecified atom stereocenters. The SMILES string of the molecule is O=C(NCCCn1ccc2ccccc21)c1ccc[nH]c1=S. The quantitative estimate of drug-likeness (QED) is 0.559. The van der Waals surface area contributed by atoms with Gasteiger partial charge in [-0.25, -0.2) is 0 Å². The fourth-order valence-electron chi connectivity index (χ4n) is 2.48. The number of nitrogens with zero attached hydrogens (tertiary/aromatic N) is 1. The number of fused-ring (bicyclic) bond motifs is 1. The number of hydrogen-bond donors (Lipinski definition) is 2. The zero-order valence-corrected chi connectivity index (χ0v) is 12.9. The van der Waals surface area contributed by atoms with Gasteiger partial charge in [0.05, 0.1) is 5.56 Å². The fourth-order valence-corrected chi connectivity index (χ4v) is 2.71. The van der Waals surface area contributed by atoms with Gasteiger partial charge in [0, 0.05) is 31.0 Å². The van der Waals surface area contributed by atoms with Crippen molar-refractivity contribution in [2.75, 3.05) is 6.54 Å². The van der Waals surface area contributed by atoms with E-state index in [2.05, 4.69) is 39.3 Å². The number of carbonyl (C=O) groups excluding carboxylic acids is 1. The Kier molecular flexibility index (Phi) is 4.34. The molecule has 0 atom stereocenters. The van der Waals surface area contributed by atoms with Crippen LogP contribution in [0.4, 0.5) is 0 Å². The molecule has 2 aromatic heterocycles. The molecule has 1 aromatic carbocycles. The average molecular weight is 311 g/mol. The summed E-state index contributed by atoms with van der Waals surface area (Å²) in [6.07, 6.45) is 4.67. The third-order valence-corrected chi connectivity index (χ3v) is 3.94. The van der Waals surface area contributed by atoms with Gasteiger partial charge in [-0.2, -0.15) is 0 Å². The second-order valence-corrected chi connectivity index (χ2v) is 5.50. The van der Waals surface area contributed by atoms with Crippen LogP contribution in [0.5, 0.6) is 0 Å². The highest BCUT2D eigenvalue weighted by molar-refractivity contribution is 7.71. The molecule has 0 fully saturated rings. The van der Waals surface area contributed by atoms with Crippen LogP contribution in [0.25, 0.3) is 10.9 Å². The van der Waals surface area contributed by atoms with E-state index in [0.29, 0.717) is 16.7 Å². The van der Waals surface area contributed by atoms with E-state index >= 15 is 0 Å². The maximum Gasteiger partial charge on any atom is 0.254 e. The lowest BCUT2D eigenvalue weighted by atomic mass is 10.2. The Bertz CT molecular complexity index is 850. The van der Waals surface area contributed by atoms with Crippen LogP contribution >= 0.6 is 12.2 Å². The lowest BCUT2D eigenvalue weighted by Gasteiger charge is -2.07. The molecule has 1 amide bonds. The number of carbonyl (C=O) groups is 1. The molecule has 22 heavy (non-hydrogen) atoms. The number of aromatic nitrogens is 2. The summed E-state index contributed by atoms with van der Waals surface area (Å²) < 4.78 is 2.67. The van der Waals surface area contributed by atoms with Gasteiger partial charge in [-0.15, -0.1) is 0 Å². The Hall–Kier alpha value is -2.40. The Balaban J connectivity index is 1.55. The van der Waals surface area contributed by atoms with Crippen LogP contribution < -0.4 is 5.32 Å². The van der Waals surface area contributed by atoms with E-state index in [1.165, 1.54) is 10.9 Å². The van der Waals surface area contributed by atoms with Crippen molar-refractivity contribution in [1.29, 1.82) is 0 Å². The molecule has 0 saturated carbocycles. The minimum absolute atomic E-state index is 0.126. The molecule has 2 N–H and O–H groups in total. The molecule has 4 nitrogen and oxygen atoms in total. The molecule has 0 spiro atoms. The van der Waals surface area contributed by atoms with Crippen LogP contribution in [0, 0.1) is 4.64 Å². The van der Waals surface area contributed by atoms with E-state index < -0.39 is 0 Å². The van der Waals surface area contributed by atoms with Gasteiger partial charge in [0.15, 0.2) is 0 Å². The maximum atomic E-state index is 12.0. The van der Waals surface area contributed by atoms with Crippen LogP contribution in [0.1, 0.15) is 16.8 Å². The average Bonchev–Trinajstić information content (AvgIpc) is 2.95. The van der Waals surface area contributed by atoms with Crippen LogP contribution in [-0.4, -0.2) is 22.0 Å². The van der Waals surface area contributed by atoms with Crippen molar-refractivity contribution in [1.82, 2.24) is 14.9 Å². The van der Waals surface area contributed by atoms with E-state index in [1.807, 2.05) is 12.1 Å². The van der Waals surface area contributed by atoms with Gasteiger partial charge < -0.3 is 14.9 Å². The van der Waals surface area contributed by atoms with Gasteiger partial charge >= 0.3 is 0 Å². The van der Waals surface area contributed by atoms with Gasteiger partial charge in [0.1, 0.15) is 4.64 Å². The number of nitrogens with one attached hydrogen (secondary N) is 2. The Labute approximate surface area is 133 Å². The number of pyridine rings is 1. The van der Waals surface area contributed by atoms with Gasteiger partial charge in [-0.3, -0.25) is 4.79 Å². The van der Waals surface area contributed by atoms with Crippen molar-refractivity contribution in [3.05, 3.63) is 65.1 Å². The van der Waals surface area contributed by atoms with E-state index in [1.54, 1.807) is 18.3 Å². The summed E-state index contributed by atoms with van der Waals surface area (Å²) in [5.41, 5.74) is 1.74. The van der Waals surface area contributed by atoms with E-state index in [4.69, 9.17) is 12.2 Å². The first kappa shape index (κ1) is 14.5. The fraction of sp³-hybridized carbons (Fsp3) is 0.176. The predicted molar refractivity (Wildman–Crippen MR) is 90.5 cm³/mol. The topological polar surface area (TPSA) is 49.8 Å². The van der Waals surface area contributed by atoms with E-state index in [9.17, 15) is 4.79 Å². The first-order chi connectivity index (χ1) is 10.8. The minimum Gasteiger partial charge on any atom is -0.352 e. The second-order valence-electron chi connectivity index (χ2n) is 5.09. The van der Waals surface area contributed by atoms with Crippen LogP contribution in [0.15, 0.2) is 54.9 Å². The molecule has 5 heteroatoms. The number of H-pyrrole nitrogens is 1. The predicted octanol–water partition coefficient (Wildman–Crippen LogP) is 3.52. The van der Waals surface area contributed by atoms with Crippen LogP contribution in [-0.2, 0) is 6.54 Å². The largest absolute Gasteiger partial charge is 0.352 e. The molecule has 0 bridgehead atoms. The molecule has 3 aromatic rings. The molecule has 0 aliphatic carbocycles. The van der Waals surface area contributed by atoms with Crippen molar-refractivity contribution in [3.63, 3.8) is 0 Å². The Morgan fingerprint density at radius 1 is 1.18 bits per heavy atom. The molecule has 112 valence electrons. The zero-order valence-electron chi connectivity index (χ0n) is 12.1. The monoisotopic (exact) mass is 311 g/mol. The lowest BCUT2D eigenvalue weighted by Crippen LogP contribution is -2.25. The highest BCUT2D eigenvalue weighted by Crippen LogP contribution is 2.15. The number of aromatic amines is 1. The van der Waals surface area contributed by atoms with Gasteiger partial charge in [0.25, 0.3) is 5.91 Å².